The number of morpholine rings is 1. The highest BCUT2D eigenvalue weighted by Crippen LogP contribution is 2.30. The predicted molar refractivity (Wildman–Crippen MR) is 62.2 cm³/mol. The van der Waals surface area contributed by atoms with Gasteiger partial charge < -0.3 is 4.74 Å². The quantitative estimate of drug-likeness (QED) is 0.494. The second-order valence-corrected chi connectivity index (χ2v) is 4.58. The second kappa shape index (κ2) is 4.30. The molecule has 2 aliphatic rings. The van der Waals surface area contributed by atoms with Crippen LogP contribution in [-0.2, 0) is 4.74 Å². The lowest BCUT2D eigenvalue weighted by atomic mass is 10.3. The average Bonchev–Trinajstić information content (AvgIpc) is 2.90. The van der Waals surface area contributed by atoms with Crippen molar-refractivity contribution >= 4 is 23.1 Å². The van der Waals surface area contributed by atoms with E-state index in [2.05, 4.69) is 15.4 Å². The zero-order valence-corrected chi connectivity index (χ0v) is 10.0. The van der Waals surface area contributed by atoms with E-state index in [0.29, 0.717) is 13.2 Å². The SMILES string of the molecule is O=[N+]([O-])c1cnc(Cl)nc1NN1CC2CC1CO2. The van der Waals surface area contributed by atoms with Gasteiger partial charge in [0.2, 0.25) is 11.1 Å². The van der Waals surface area contributed by atoms with Gasteiger partial charge in [0, 0.05) is 6.54 Å². The molecule has 3 heterocycles. The third kappa shape index (κ3) is 1.98. The number of halogens is 1. The minimum atomic E-state index is -0.538. The van der Waals surface area contributed by atoms with Crippen molar-refractivity contribution in [1.82, 2.24) is 15.0 Å². The van der Waals surface area contributed by atoms with Crippen molar-refractivity contribution in [2.45, 2.75) is 18.6 Å². The molecule has 2 bridgehead atoms. The number of nitrogens with zero attached hydrogens (tertiary/aromatic N) is 4. The summed E-state index contributed by atoms with van der Waals surface area (Å²) in [4.78, 5) is 17.8. The number of rotatable bonds is 3. The Morgan fingerprint density at radius 2 is 2.50 bits per heavy atom. The van der Waals surface area contributed by atoms with E-state index < -0.39 is 4.92 Å². The molecule has 8 nitrogen and oxygen atoms in total. The number of hydrazine groups is 1. The molecular weight excluding hydrogens is 262 g/mol. The summed E-state index contributed by atoms with van der Waals surface area (Å²) in [5.74, 6) is 0.118. The molecule has 2 unspecified atom stereocenters. The molecule has 0 spiro atoms. The van der Waals surface area contributed by atoms with Crippen molar-refractivity contribution in [3.63, 3.8) is 0 Å². The molecule has 0 amide bonds. The molecule has 1 aromatic rings. The van der Waals surface area contributed by atoms with Crippen molar-refractivity contribution < 1.29 is 9.66 Å². The topological polar surface area (TPSA) is 93.4 Å². The maximum Gasteiger partial charge on any atom is 0.330 e. The first-order valence-electron chi connectivity index (χ1n) is 5.45. The third-order valence-electron chi connectivity index (χ3n) is 3.09. The monoisotopic (exact) mass is 271 g/mol. The molecule has 18 heavy (non-hydrogen) atoms. The zero-order valence-electron chi connectivity index (χ0n) is 9.24. The Bertz CT molecular complexity index is 499. The zero-order chi connectivity index (χ0) is 12.7. The Hall–Kier alpha value is -1.51. The molecule has 2 saturated heterocycles. The van der Waals surface area contributed by atoms with Crippen LogP contribution in [0.15, 0.2) is 6.20 Å². The van der Waals surface area contributed by atoms with Gasteiger partial charge in [0.05, 0.1) is 23.7 Å². The highest BCUT2D eigenvalue weighted by atomic mass is 35.5. The number of hydrogen-bond donors (Lipinski definition) is 1. The van der Waals surface area contributed by atoms with Gasteiger partial charge in [-0.2, -0.15) is 4.98 Å². The molecule has 2 atom stereocenters. The number of fused-ring (bicyclic) bond motifs is 2. The van der Waals surface area contributed by atoms with Gasteiger partial charge in [-0.3, -0.25) is 15.5 Å². The smallest absolute Gasteiger partial charge is 0.330 e. The lowest BCUT2D eigenvalue weighted by Gasteiger charge is -2.27. The van der Waals surface area contributed by atoms with Gasteiger partial charge in [0.1, 0.15) is 6.20 Å². The predicted octanol–water partition coefficient (Wildman–Crippen LogP) is 0.838. The molecule has 9 heteroatoms. The Kier molecular flexibility index (Phi) is 2.77. The third-order valence-corrected chi connectivity index (χ3v) is 3.27. The van der Waals surface area contributed by atoms with Crippen LogP contribution in [0.5, 0.6) is 0 Å². The molecule has 2 fully saturated rings. The molecule has 96 valence electrons. The van der Waals surface area contributed by atoms with Gasteiger partial charge in [-0.05, 0) is 18.0 Å². The van der Waals surface area contributed by atoms with Gasteiger partial charge >= 0.3 is 5.69 Å². The molecule has 1 N–H and O–H groups in total. The van der Waals surface area contributed by atoms with Crippen molar-refractivity contribution in [3.05, 3.63) is 21.6 Å². The van der Waals surface area contributed by atoms with Crippen molar-refractivity contribution in [3.8, 4) is 0 Å². The molecule has 2 aliphatic heterocycles. The first kappa shape index (κ1) is 11.6. The fourth-order valence-electron chi connectivity index (χ4n) is 2.24. The van der Waals surface area contributed by atoms with E-state index in [-0.39, 0.29) is 28.9 Å². The first-order chi connectivity index (χ1) is 8.63. The number of nitrogens with one attached hydrogen (secondary N) is 1. The molecule has 0 aliphatic carbocycles. The average molecular weight is 272 g/mol. The van der Waals surface area contributed by atoms with Crippen LogP contribution in [0, 0.1) is 10.1 Å². The van der Waals surface area contributed by atoms with E-state index in [1.165, 1.54) is 0 Å². The van der Waals surface area contributed by atoms with Crippen LogP contribution in [0.3, 0.4) is 0 Å². The van der Waals surface area contributed by atoms with Crippen LogP contribution in [-0.4, -0.2) is 45.2 Å². The summed E-state index contributed by atoms with van der Waals surface area (Å²) >= 11 is 5.66. The summed E-state index contributed by atoms with van der Waals surface area (Å²) in [5.41, 5.74) is 2.75. The highest BCUT2D eigenvalue weighted by Gasteiger charge is 2.40. The van der Waals surface area contributed by atoms with E-state index in [9.17, 15) is 10.1 Å². The van der Waals surface area contributed by atoms with Gasteiger partial charge in [-0.1, -0.05) is 0 Å². The largest absolute Gasteiger partial charge is 0.375 e. The number of anilines is 1. The number of aromatic nitrogens is 2. The Labute approximate surface area is 107 Å². The second-order valence-electron chi connectivity index (χ2n) is 4.24. The lowest BCUT2D eigenvalue weighted by Crippen LogP contribution is -2.41. The maximum atomic E-state index is 10.9. The van der Waals surface area contributed by atoms with Gasteiger partial charge in [-0.25, -0.2) is 9.99 Å². The van der Waals surface area contributed by atoms with Crippen LogP contribution < -0.4 is 5.43 Å². The molecule has 0 aromatic carbocycles. The Balaban J connectivity index is 1.83. The van der Waals surface area contributed by atoms with Gasteiger partial charge in [0.15, 0.2) is 0 Å². The number of ether oxygens (including phenoxy) is 1. The minimum Gasteiger partial charge on any atom is -0.375 e. The fraction of sp³-hybridized carbons (Fsp3) is 0.556. The summed E-state index contributed by atoms with van der Waals surface area (Å²) in [5, 5.41) is 12.7. The number of hydrogen-bond acceptors (Lipinski definition) is 7. The molecule has 3 rings (SSSR count). The van der Waals surface area contributed by atoms with Crippen LogP contribution in [0.25, 0.3) is 0 Å². The van der Waals surface area contributed by atoms with E-state index >= 15 is 0 Å². The van der Waals surface area contributed by atoms with E-state index in [4.69, 9.17) is 16.3 Å². The molecule has 1 aromatic heterocycles. The van der Waals surface area contributed by atoms with Crippen molar-refractivity contribution in [1.29, 1.82) is 0 Å². The lowest BCUT2D eigenvalue weighted by molar-refractivity contribution is -0.384. The fourth-order valence-corrected chi connectivity index (χ4v) is 2.38. The summed E-state index contributed by atoms with van der Waals surface area (Å²) in [7, 11) is 0. The highest BCUT2D eigenvalue weighted by molar-refractivity contribution is 6.28. The van der Waals surface area contributed by atoms with E-state index in [1.807, 2.05) is 5.01 Å². The molecular formula is C9H10ClN5O3. The van der Waals surface area contributed by atoms with Crippen LogP contribution >= 0.6 is 11.6 Å². The van der Waals surface area contributed by atoms with Gasteiger partial charge in [0.25, 0.3) is 0 Å². The Morgan fingerprint density at radius 3 is 3.11 bits per heavy atom. The minimum absolute atomic E-state index is 0.0243. The summed E-state index contributed by atoms with van der Waals surface area (Å²) in [6.07, 6.45) is 2.22. The van der Waals surface area contributed by atoms with E-state index in [1.54, 1.807) is 0 Å². The Morgan fingerprint density at radius 1 is 1.67 bits per heavy atom. The van der Waals surface area contributed by atoms with Crippen molar-refractivity contribution in [2.75, 3.05) is 18.6 Å². The summed E-state index contributed by atoms with van der Waals surface area (Å²) in [6, 6.07) is 0.225. The molecule has 0 saturated carbocycles. The van der Waals surface area contributed by atoms with Crippen LogP contribution in [0.2, 0.25) is 5.28 Å². The van der Waals surface area contributed by atoms with Crippen LogP contribution in [0.4, 0.5) is 11.5 Å². The standard InChI is InChI=1S/C9H10ClN5O3/c10-9-11-2-7(15(16)17)8(12-9)13-14-3-6-1-5(14)4-18-6/h2,5-6H,1,3-4H2,(H,11,12,13). The normalized spacial score (nSPS) is 26.5. The van der Waals surface area contributed by atoms with E-state index in [0.717, 1.165) is 12.6 Å². The summed E-state index contributed by atoms with van der Waals surface area (Å²) < 4.78 is 5.45. The van der Waals surface area contributed by atoms with Crippen molar-refractivity contribution in [2.24, 2.45) is 0 Å². The summed E-state index contributed by atoms with van der Waals surface area (Å²) in [6.45, 7) is 1.31. The van der Waals surface area contributed by atoms with Gasteiger partial charge in [-0.15, -0.1) is 0 Å². The van der Waals surface area contributed by atoms with Crippen LogP contribution in [0.1, 0.15) is 6.42 Å². The number of nitro groups is 1. The maximum absolute atomic E-state index is 10.9. The molecule has 0 radical (unpaired) electrons. The first-order valence-corrected chi connectivity index (χ1v) is 5.83.